The molecule has 0 bridgehead atoms. The highest BCUT2D eigenvalue weighted by Crippen LogP contribution is 2.35. The summed E-state index contributed by atoms with van der Waals surface area (Å²) in [5, 5.41) is 7.85. The zero-order valence-corrected chi connectivity index (χ0v) is 23.1. The van der Waals surface area contributed by atoms with Gasteiger partial charge in [0.1, 0.15) is 18.0 Å². The molecule has 3 aromatic carbocycles. The molecule has 0 aromatic heterocycles. The summed E-state index contributed by atoms with van der Waals surface area (Å²) < 4.78 is 16.8. The number of imide groups is 1. The Labute approximate surface area is 238 Å². The first-order chi connectivity index (χ1) is 19.3. The van der Waals surface area contributed by atoms with Crippen LogP contribution in [0.1, 0.15) is 5.56 Å². The summed E-state index contributed by atoms with van der Waals surface area (Å²) in [6.45, 7) is -0.763. The Bertz CT molecular complexity index is 1480. The van der Waals surface area contributed by atoms with Gasteiger partial charge in [0.05, 0.1) is 19.9 Å². The first-order valence-corrected chi connectivity index (χ1v) is 12.7. The third-order valence-corrected chi connectivity index (χ3v) is 6.33. The van der Waals surface area contributed by atoms with Crippen molar-refractivity contribution in [3.8, 4) is 17.2 Å². The second kappa shape index (κ2) is 12.8. The average molecular weight is 609 g/mol. The number of ether oxygens (including phenoxy) is 3. The molecule has 1 saturated heterocycles. The first kappa shape index (κ1) is 28.2. The maximum atomic E-state index is 12.9. The highest BCUT2D eigenvalue weighted by Gasteiger charge is 2.35. The lowest BCUT2D eigenvalue weighted by molar-refractivity contribution is -0.127. The molecule has 0 saturated carbocycles. The minimum absolute atomic E-state index is 0.0336. The predicted molar refractivity (Wildman–Crippen MR) is 151 cm³/mol. The molecule has 3 N–H and O–H groups in total. The van der Waals surface area contributed by atoms with Crippen molar-refractivity contribution in [2.75, 3.05) is 38.0 Å². The van der Waals surface area contributed by atoms with E-state index in [0.29, 0.717) is 32.9 Å². The molecule has 40 heavy (non-hydrogen) atoms. The molecule has 0 aliphatic carbocycles. The SMILES string of the molecule is COc1ccccc1NC(=O)CN1C(=O)N/C(=C/c2cc(OC)c(OCC(=O)Nc3ccccc3)cc2Br)C1=O. The highest BCUT2D eigenvalue weighted by molar-refractivity contribution is 9.10. The molecule has 0 spiro atoms. The molecule has 12 heteroatoms. The van der Waals surface area contributed by atoms with Crippen molar-refractivity contribution in [2.45, 2.75) is 0 Å². The number of hydrogen-bond acceptors (Lipinski definition) is 7. The van der Waals surface area contributed by atoms with Crippen LogP contribution >= 0.6 is 15.9 Å². The van der Waals surface area contributed by atoms with Gasteiger partial charge in [-0.2, -0.15) is 0 Å². The van der Waals surface area contributed by atoms with Crippen LogP contribution in [0.25, 0.3) is 6.08 Å². The number of carbonyl (C=O) groups excluding carboxylic acids is 4. The molecule has 5 amide bonds. The Morgan fingerprint density at radius 2 is 1.60 bits per heavy atom. The van der Waals surface area contributed by atoms with Gasteiger partial charge in [0, 0.05) is 10.2 Å². The van der Waals surface area contributed by atoms with Crippen LogP contribution in [0.3, 0.4) is 0 Å². The normalized spacial score (nSPS) is 13.6. The summed E-state index contributed by atoms with van der Waals surface area (Å²) in [5.74, 6) is -0.580. The van der Waals surface area contributed by atoms with E-state index in [0.717, 1.165) is 4.90 Å². The van der Waals surface area contributed by atoms with Gasteiger partial charge in [-0.25, -0.2) is 9.69 Å². The summed E-state index contributed by atoms with van der Waals surface area (Å²) >= 11 is 3.43. The van der Waals surface area contributed by atoms with E-state index in [1.54, 1.807) is 60.7 Å². The number of nitrogens with one attached hydrogen (secondary N) is 3. The van der Waals surface area contributed by atoms with Crippen LogP contribution in [-0.2, 0) is 14.4 Å². The number of benzene rings is 3. The summed E-state index contributed by atoms with van der Waals surface area (Å²) in [6.07, 6.45) is 1.44. The summed E-state index contributed by atoms with van der Waals surface area (Å²) in [5.41, 5.74) is 1.50. The van der Waals surface area contributed by atoms with Crippen molar-refractivity contribution in [1.82, 2.24) is 10.2 Å². The van der Waals surface area contributed by atoms with Crippen LogP contribution in [0.5, 0.6) is 17.2 Å². The first-order valence-electron chi connectivity index (χ1n) is 11.9. The fourth-order valence-electron chi connectivity index (χ4n) is 3.75. The third kappa shape index (κ3) is 6.77. The monoisotopic (exact) mass is 608 g/mol. The van der Waals surface area contributed by atoms with E-state index in [2.05, 4.69) is 31.9 Å². The van der Waals surface area contributed by atoms with Crippen molar-refractivity contribution in [1.29, 1.82) is 0 Å². The second-order valence-electron chi connectivity index (χ2n) is 8.36. The molecule has 11 nitrogen and oxygen atoms in total. The van der Waals surface area contributed by atoms with E-state index in [1.165, 1.54) is 20.3 Å². The second-order valence-corrected chi connectivity index (χ2v) is 9.21. The molecule has 0 radical (unpaired) electrons. The van der Waals surface area contributed by atoms with E-state index >= 15 is 0 Å². The van der Waals surface area contributed by atoms with Crippen LogP contribution in [-0.4, -0.2) is 56.0 Å². The molecule has 4 rings (SSSR count). The number of nitrogens with zero attached hydrogens (tertiary/aromatic N) is 1. The molecule has 1 aliphatic rings. The number of carbonyl (C=O) groups is 4. The standard InChI is InChI=1S/C28H25BrN4O7/c1-38-22-11-7-6-10-20(22)31-25(34)15-33-27(36)21(32-28(33)37)12-17-13-23(39-2)24(14-19(17)29)40-16-26(35)30-18-8-4-3-5-9-18/h3-14H,15-16H2,1-2H3,(H,30,35)(H,31,34)(H,32,37)/b21-12+. The fraction of sp³-hybridized carbons (Fsp3) is 0.143. The van der Waals surface area contributed by atoms with Crippen LogP contribution in [0.2, 0.25) is 0 Å². The van der Waals surface area contributed by atoms with Gasteiger partial charge >= 0.3 is 6.03 Å². The fourth-order valence-corrected chi connectivity index (χ4v) is 4.18. The Balaban J connectivity index is 1.43. The molecule has 1 fully saturated rings. The van der Waals surface area contributed by atoms with Crippen molar-refractivity contribution < 1.29 is 33.4 Å². The van der Waals surface area contributed by atoms with Gasteiger partial charge in [-0.3, -0.25) is 14.4 Å². The van der Waals surface area contributed by atoms with Crippen LogP contribution in [0, 0.1) is 0 Å². The third-order valence-electron chi connectivity index (χ3n) is 5.64. The lowest BCUT2D eigenvalue weighted by Crippen LogP contribution is -2.38. The number of rotatable bonds is 10. The summed E-state index contributed by atoms with van der Waals surface area (Å²) in [4.78, 5) is 51.0. The predicted octanol–water partition coefficient (Wildman–Crippen LogP) is 4.02. The Hall–Kier alpha value is -4.84. The molecule has 3 aromatic rings. The lowest BCUT2D eigenvalue weighted by Gasteiger charge is -2.14. The molecule has 1 heterocycles. The van der Waals surface area contributed by atoms with Crippen molar-refractivity contribution in [3.05, 3.63) is 82.5 Å². The number of urea groups is 1. The van der Waals surface area contributed by atoms with Crippen molar-refractivity contribution >= 4 is 57.1 Å². The zero-order valence-electron chi connectivity index (χ0n) is 21.5. The Kier molecular flexibility index (Phi) is 9.02. The maximum Gasteiger partial charge on any atom is 0.329 e. The Morgan fingerprint density at radius 1 is 0.900 bits per heavy atom. The molecular formula is C28H25BrN4O7. The van der Waals surface area contributed by atoms with E-state index in [-0.39, 0.29) is 24.0 Å². The largest absolute Gasteiger partial charge is 0.495 e. The molecule has 0 unspecified atom stereocenters. The molecule has 1 aliphatic heterocycles. The van der Waals surface area contributed by atoms with Crippen LogP contribution in [0.15, 0.2) is 76.9 Å². The van der Waals surface area contributed by atoms with Gasteiger partial charge in [0.15, 0.2) is 18.1 Å². The minimum Gasteiger partial charge on any atom is -0.495 e. The van der Waals surface area contributed by atoms with Crippen molar-refractivity contribution in [3.63, 3.8) is 0 Å². The quantitative estimate of drug-likeness (QED) is 0.234. The topological polar surface area (TPSA) is 135 Å². The van der Waals surface area contributed by atoms with Gasteiger partial charge in [0.2, 0.25) is 5.91 Å². The van der Waals surface area contributed by atoms with Crippen LogP contribution in [0.4, 0.5) is 16.2 Å². The Morgan fingerprint density at radius 3 is 2.33 bits per heavy atom. The minimum atomic E-state index is -0.737. The van der Waals surface area contributed by atoms with Crippen molar-refractivity contribution in [2.24, 2.45) is 0 Å². The van der Waals surface area contributed by atoms with Gasteiger partial charge in [-0.05, 0) is 48.0 Å². The van der Waals surface area contributed by atoms with Gasteiger partial charge in [-0.15, -0.1) is 0 Å². The summed E-state index contributed by atoms with van der Waals surface area (Å²) in [7, 11) is 2.90. The van der Waals surface area contributed by atoms with Gasteiger partial charge in [0.25, 0.3) is 11.8 Å². The van der Waals surface area contributed by atoms with Gasteiger partial charge < -0.3 is 30.2 Å². The van der Waals surface area contributed by atoms with E-state index in [9.17, 15) is 19.2 Å². The number of anilines is 2. The van der Waals surface area contributed by atoms with E-state index in [4.69, 9.17) is 14.2 Å². The highest BCUT2D eigenvalue weighted by atomic mass is 79.9. The van der Waals surface area contributed by atoms with E-state index < -0.39 is 24.4 Å². The number of halogens is 1. The lowest BCUT2D eigenvalue weighted by atomic mass is 10.1. The maximum absolute atomic E-state index is 12.9. The number of para-hydroxylation sites is 3. The number of methoxy groups -OCH3 is 2. The van der Waals surface area contributed by atoms with Gasteiger partial charge in [-0.1, -0.05) is 46.3 Å². The molecule has 0 atom stereocenters. The zero-order chi connectivity index (χ0) is 28.6. The molecule has 206 valence electrons. The molecular weight excluding hydrogens is 584 g/mol. The number of hydrogen-bond donors (Lipinski definition) is 3. The summed E-state index contributed by atoms with van der Waals surface area (Å²) in [6, 6.07) is 18.2. The average Bonchev–Trinajstić information content (AvgIpc) is 3.21. The smallest absolute Gasteiger partial charge is 0.329 e. The van der Waals surface area contributed by atoms with Crippen LogP contribution < -0.4 is 30.2 Å². The number of amides is 5. The van der Waals surface area contributed by atoms with E-state index in [1.807, 2.05) is 6.07 Å².